The van der Waals surface area contributed by atoms with Crippen molar-refractivity contribution < 1.29 is 23.8 Å². The molecule has 0 aromatic heterocycles. The minimum atomic E-state index is -0.410. The van der Waals surface area contributed by atoms with E-state index in [1.807, 2.05) is 13.0 Å². The lowest BCUT2D eigenvalue weighted by atomic mass is 10.1. The fourth-order valence-electron chi connectivity index (χ4n) is 2.86. The molecule has 1 aliphatic heterocycles. The number of nitrogens with zero attached hydrogens (tertiary/aromatic N) is 2. The molecule has 0 aliphatic carbocycles. The Labute approximate surface area is 179 Å². The molecule has 0 bridgehead atoms. The third-order valence-corrected chi connectivity index (χ3v) is 5.45. The van der Waals surface area contributed by atoms with Crippen molar-refractivity contribution in [2.45, 2.75) is 6.92 Å². The molecule has 156 valence electrons. The fraction of sp³-hybridized carbons (Fsp3) is 0.227. The quantitative estimate of drug-likeness (QED) is 0.511. The van der Waals surface area contributed by atoms with Crippen molar-refractivity contribution in [1.29, 1.82) is 0 Å². The Hall–Kier alpha value is -3.26. The summed E-state index contributed by atoms with van der Waals surface area (Å²) in [7, 11) is 4.50. The number of aliphatic imine (C=N–C) groups is 1. The number of likely N-dealkylation sites (N-methyl/N-ethyl adjacent to an activating group) is 1. The first-order valence-corrected chi connectivity index (χ1v) is 10.0. The van der Waals surface area contributed by atoms with Gasteiger partial charge < -0.3 is 14.2 Å². The third-order valence-electron chi connectivity index (χ3n) is 4.44. The van der Waals surface area contributed by atoms with Gasteiger partial charge in [-0.2, -0.15) is 0 Å². The van der Waals surface area contributed by atoms with Crippen LogP contribution in [-0.4, -0.2) is 49.8 Å². The highest BCUT2D eigenvalue weighted by Gasteiger charge is 2.32. The molecule has 8 heteroatoms. The van der Waals surface area contributed by atoms with Gasteiger partial charge in [-0.1, -0.05) is 0 Å². The number of amides is 1. The Balaban J connectivity index is 1.93. The SMILES string of the molecule is CCN1C(=O)/C(=C/c2cc(OC)ccc2OC)SC1=Nc1ccc(C(=O)OC)cc1. The van der Waals surface area contributed by atoms with E-state index in [1.54, 1.807) is 61.6 Å². The Kier molecular flexibility index (Phi) is 6.79. The molecule has 30 heavy (non-hydrogen) atoms. The number of ether oxygens (including phenoxy) is 3. The number of esters is 1. The minimum absolute atomic E-state index is 0.127. The van der Waals surface area contributed by atoms with Crippen LogP contribution in [0.25, 0.3) is 6.08 Å². The van der Waals surface area contributed by atoms with Crippen LogP contribution >= 0.6 is 11.8 Å². The first kappa shape index (κ1) is 21.4. The summed E-state index contributed by atoms with van der Waals surface area (Å²) in [5.41, 5.74) is 1.82. The molecular weight excluding hydrogens is 404 g/mol. The van der Waals surface area contributed by atoms with Gasteiger partial charge in [0.15, 0.2) is 5.17 Å². The van der Waals surface area contributed by atoms with E-state index in [4.69, 9.17) is 14.2 Å². The highest BCUT2D eigenvalue weighted by molar-refractivity contribution is 8.18. The Morgan fingerprint density at radius 3 is 2.43 bits per heavy atom. The van der Waals surface area contributed by atoms with Gasteiger partial charge in [-0.05, 0) is 67.2 Å². The van der Waals surface area contributed by atoms with Crippen LogP contribution in [0.5, 0.6) is 11.5 Å². The zero-order valence-electron chi connectivity index (χ0n) is 17.2. The average molecular weight is 426 g/mol. The molecule has 0 spiro atoms. The number of carbonyl (C=O) groups is 2. The number of hydrogen-bond acceptors (Lipinski definition) is 7. The molecule has 0 atom stereocenters. The van der Waals surface area contributed by atoms with E-state index in [0.29, 0.717) is 39.4 Å². The van der Waals surface area contributed by atoms with Crippen molar-refractivity contribution in [3.63, 3.8) is 0 Å². The van der Waals surface area contributed by atoms with Gasteiger partial charge in [-0.3, -0.25) is 9.69 Å². The second-order valence-electron chi connectivity index (χ2n) is 6.20. The van der Waals surface area contributed by atoms with Crippen molar-refractivity contribution in [1.82, 2.24) is 4.90 Å². The second-order valence-corrected chi connectivity index (χ2v) is 7.21. The van der Waals surface area contributed by atoms with Gasteiger partial charge in [0.05, 0.1) is 37.5 Å². The molecule has 0 N–H and O–H groups in total. The number of carbonyl (C=O) groups excluding carboxylic acids is 2. The average Bonchev–Trinajstić information content (AvgIpc) is 3.07. The van der Waals surface area contributed by atoms with Gasteiger partial charge in [0, 0.05) is 12.1 Å². The lowest BCUT2D eigenvalue weighted by Gasteiger charge is -2.12. The first-order valence-electron chi connectivity index (χ1n) is 9.21. The lowest BCUT2D eigenvalue weighted by molar-refractivity contribution is -0.122. The summed E-state index contributed by atoms with van der Waals surface area (Å²) in [6.07, 6.45) is 1.78. The minimum Gasteiger partial charge on any atom is -0.497 e. The summed E-state index contributed by atoms with van der Waals surface area (Å²) in [4.78, 5) is 31.2. The predicted molar refractivity (Wildman–Crippen MR) is 117 cm³/mol. The summed E-state index contributed by atoms with van der Waals surface area (Å²) in [6.45, 7) is 2.38. The highest BCUT2D eigenvalue weighted by atomic mass is 32.2. The zero-order valence-corrected chi connectivity index (χ0v) is 18.0. The fourth-order valence-corrected chi connectivity index (χ4v) is 3.92. The maximum Gasteiger partial charge on any atom is 0.337 e. The van der Waals surface area contributed by atoms with E-state index in [2.05, 4.69) is 4.99 Å². The van der Waals surface area contributed by atoms with Gasteiger partial charge in [0.2, 0.25) is 0 Å². The van der Waals surface area contributed by atoms with Gasteiger partial charge in [0.25, 0.3) is 5.91 Å². The van der Waals surface area contributed by atoms with Crippen LogP contribution in [0.4, 0.5) is 5.69 Å². The second kappa shape index (κ2) is 9.49. The molecule has 1 saturated heterocycles. The van der Waals surface area contributed by atoms with E-state index < -0.39 is 5.97 Å². The summed E-state index contributed by atoms with van der Waals surface area (Å²) in [5.74, 6) is 0.776. The van der Waals surface area contributed by atoms with Crippen LogP contribution in [0.15, 0.2) is 52.4 Å². The normalized spacial score (nSPS) is 16.3. The van der Waals surface area contributed by atoms with Crippen LogP contribution < -0.4 is 9.47 Å². The largest absolute Gasteiger partial charge is 0.497 e. The zero-order chi connectivity index (χ0) is 21.7. The van der Waals surface area contributed by atoms with Crippen LogP contribution in [0, 0.1) is 0 Å². The van der Waals surface area contributed by atoms with Gasteiger partial charge >= 0.3 is 5.97 Å². The number of amidine groups is 1. The highest BCUT2D eigenvalue weighted by Crippen LogP contribution is 2.36. The molecule has 2 aromatic carbocycles. The summed E-state index contributed by atoms with van der Waals surface area (Å²) < 4.78 is 15.4. The number of hydrogen-bond donors (Lipinski definition) is 0. The number of thioether (sulfide) groups is 1. The van der Waals surface area contributed by atoms with Gasteiger partial charge in [-0.15, -0.1) is 0 Å². The van der Waals surface area contributed by atoms with E-state index in [9.17, 15) is 9.59 Å². The predicted octanol–water partition coefficient (Wildman–Crippen LogP) is 4.11. The number of methoxy groups -OCH3 is 3. The van der Waals surface area contributed by atoms with Crippen LogP contribution in [0.1, 0.15) is 22.8 Å². The van der Waals surface area contributed by atoms with E-state index in [0.717, 1.165) is 5.56 Å². The molecule has 7 nitrogen and oxygen atoms in total. The topological polar surface area (TPSA) is 77.4 Å². The molecule has 1 aliphatic rings. The van der Waals surface area contributed by atoms with Crippen LogP contribution in [0.3, 0.4) is 0 Å². The standard InChI is InChI=1S/C22H22N2O5S/c1-5-24-20(25)19(13-15-12-17(27-2)10-11-18(15)28-3)30-22(24)23-16-8-6-14(7-9-16)21(26)29-4/h6-13H,5H2,1-4H3/b19-13-,23-22?. The summed E-state index contributed by atoms with van der Waals surface area (Å²) in [6, 6.07) is 12.1. The molecular formula is C22H22N2O5S. The van der Waals surface area contributed by atoms with Crippen molar-refractivity contribution in [3.8, 4) is 11.5 Å². The monoisotopic (exact) mass is 426 g/mol. The molecule has 2 aromatic rings. The third kappa shape index (κ3) is 4.49. The van der Waals surface area contributed by atoms with Crippen molar-refractivity contribution in [2.24, 2.45) is 4.99 Å². The van der Waals surface area contributed by atoms with Gasteiger partial charge in [-0.25, -0.2) is 9.79 Å². The van der Waals surface area contributed by atoms with E-state index in [1.165, 1.54) is 18.9 Å². The Morgan fingerprint density at radius 2 is 1.83 bits per heavy atom. The molecule has 1 heterocycles. The maximum absolute atomic E-state index is 12.9. The Morgan fingerprint density at radius 1 is 1.10 bits per heavy atom. The van der Waals surface area contributed by atoms with Gasteiger partial charge in [0.1, 0.15) is 11.5 Å². The van der Waals surface area contributed by atoms with Crippen LogP contribution in [-0.2, 0) is 9.53 Å². The van der Waals surface area contributed by atoms with Crippen molar-refractivity contribution in [3.05, 3.63) is 58.5 Å². The summed E-state index contributed by atoms with van der Waals surface area (Å²) in [5, 5.41) is 0.571. The smallest absolute Gasteiger partial charge is 0.337 e. The number of rotatable bonds is 6. The van der Waals surface area contributed by atoms with Crippen LogP contribution in [0.2, 0.25) is 0 Å². The van der Waals surface area contributed by atoms with Crippen molar-refractivity contribution >= 4 is 40.6 Å². The van der Waals surface area contributed by atoms with Crippen molar-refractivity contribution in [2.75, 3.05) is 27.9 Å². The molecule has 0 radical (unpaired) electrons. The number of benzene rings is 2. The van der Waals surface area contributed by atoms with E-state index in [-0.39, 0.29) is 5.91 Å². The molecule has 1 fully saturated rings. The summed E-state index contributed by atoms with van der Waals surface area (Å²) >= 11 is 1.29. The molecule has 3 rings (SSSR count). The molecule has 1 amide bonds. The molecule has 0 saturated carbocycles. The Bertz CT molecular complexity index is 1010. The van der Waals surface area contributed by atoms with E-state index >= 15 is 0 Å². The lowest BCUT2D eigenvalue weighted by Crippen LogP contribution is -2.28. The first-order chi connectivity index (χ1) is 14.5. The maximum atomic E-state index is 12.9. The molecule has 0 unspecified atom stereocenters.